The summed E-state index contributed by atoms with van der Waals surface area (Å²) in [4.78, 5) is 20.3. The number of amides is 1. The second-order valence-corrected chi connectivity index (χ2v) is 6.64. The van der Waals surface area contributed by atoms with Gasteiger partial charge in [0.2, 0.25) is 5.91 Å². The predicted molar refractivity (Wildman–Crippen MR) is 89.1 cm³/mol. The quantitative estimate of drug-likeness (QED) is 0.903. The summed E-state index contributed by atoms with van der Waals surface area (Å²) in [5.41, 5.74) is 3.69. The van der Waals surface area contributed by atoms with Gasteiger partial charge in [-0.1, -0.05) is 18.2 Å². The Morgan fingerprint density at radius 2 is 2.17 bits per heavy atom. The van der Waals surface area contributed by atoms with Crippen molar-refractivity contribution in [3.63, 3.8) is 0 Å². The van der Waals surface area contributed by atoms with Crippen molar-refractivity contribution in [2.45, 2.75) is 31.8 Å². The van der Waals surface area contributed by atoms with Gasteiger partial charge in [-0.15, -0.1) is 0 Å². The highest BCUT2D eigenvalue weighted by atomic mass is 16.3. The van der Waals surface area contributed by atoms with E-state index in [0.717, 1.165) is 37.9 Å². The minimum absolute atomic E-state index is 0.153. The van der Waals surface area contributed by atoms with Gasteiger partial charge in [0.05, 0.1) is 13.2 Å². The number of nitrogens with zero attached hydrogens (tertiary/aromatic N) is 2. The zero-order chi connectivity index (χ0) is 15.8. The van der Waals surface area contributed by atoms with Crippen molar-refractivity contribution in [2.24, 2.45) is 0 Å². The van der Waals surface area contributed by atoms with Crippen molar-refractivity contribution in [1.82, 2.24) is 14.8 Å². The van der Waals surface area contributed by atoms with Crippen LogP contribution in [-0.2, 0) is 17.8 Å². The third-order valence-electron chi connectivity index (χ3n) is 5.28. The standard InChI is InChI=1S/C18H23N3O2/c22-12-13-4-3-8-20(13)11-18(23)21-9-7-17-15(10-21)14-5-1-2-6-16(14)19-17/h1-2,5-6,13,19,22H,3-4,7-12H2. The Morgan fingerprint density at radius 3 is 3.04 bits per heavy atom. The molecule has 2 aliphatic heterocycles. The van der Waals surface area contributed by atoms with Crippen molar-refractivity contribution >= 4 is 16.8 Å². The lowest BCUT2D eigenvalue weighted by Gasteiger charge is -2.30. The molecule has 3 heterocycles. The minimum Gasteiger partial charge on any atom is -0.395 e. The van der Waals surface area contributed by atoms with Crippen LogP contribution in [0.5, 0.6) is 0 Å². The summed E-state index contributed by atoms with van der Waals surface area (Å²) < 4.78 is 0. The van der Waals surface area contributed by atoms with Crippen molar-refractivity contribution in [3.05, 3.63) is 35.5 Å². The fourth-order valence-electron chi connectivity index (χ4n) is 3.96. The van der Waals surface area contributed by atoms with Crippen LogP contribution in [0, 0.1) is 0 Å². The number of fused-ring (bicyclic) bond motifs is 3. The van der Waals surface area contributed by atoms with Crippen molar-refractivity contribution < 1.29 is 9.90 Å². The van der Waals surface area contributed by atoms with Crippen LogP contribution in [0.15, 0.2) is 24.3 Å². The van der Waals surface area contributed by atoms with E-state index in [9.17, 15) is 9.90 Å². The Bertz CT molecular complexity index is 724. The van der Waals surface area contributed by atoms with Crippen LogP contribution in [0.25, 0.3) is 10.9 Å². The Labute approximate surface area is 135 Å². The largest absolute Gasteiger partial charge is 0.395 e. The number of likely N-dealkylation sites (tertiary alicyclic amines) is 1. The van der Waals surface area contributed by atoms with Crippen LogP contribution >= 0.6 is 0 Å². The monoisotopic (exact) mass is 313 g/mol. The number of benzene rings is 1. The SMILES string of the molecule is O=C(CN1CCCC1CO)N1CCc2[nH]c3ccccc3c2C1. The molecule has 2 N–H and O–H groups in total. The first-order valence-corrected chi connectivity index (χ1v) is 8.47. The third kappa shape index (κ3) is 2.64. The molecule has 122 valence electrons. The molecule has 1 amide bonds. The highest BCUT2D eigenvalue weighted by molar-refractivity contribution is 5.86. The van der Waals surface area contributed by atoms with Crippen LogP contribution in [0.3, 0.4) is 0 Å². The number of aromatic amines is 1. The van der Waals surface area contributed by atoms with Crippen molar-refractivity contribution in [2.75, 3.05) is 26.2 Å². The average molecular weight is 313 g/mol. The van der Waals surface area contributed by atoms with Gasteiger partial charge in [-0.2, -0.15) is 0 Å². The van der Waals surface area contributed by atoms with Gasteiger partial charge >= 0.3 is 0 Å². The summed E-state index contributed by atoms with van der Waals surface area (Å²) in [5.74, 6) is 0.182. The van der Waals surface area contributed by atoms with Gasteiger partial charge in [-0.25, -0.2) is 0 Å². The Morgan fingerprint density at radius 1 is 1.30 bits per heavy atom. The van der Waals surface area contributed by atoms with E-state index in [-0.39, 0.29) is 18.6 Å². The highest BCUT2D eigenvalue weighted by Gasteiger charge is 2.29. The molecule has 1 aromatic heterocycles. The number of hydrogen-bond donors (Lipinski definition) is 2. The molecule has 0 radical (unpaired) electrons. The summed E-state index contributed by atoms with van der Waals surface area (Å²) in [6.07, 6.45) is 2.96. The molecule has 0 saturated carbocycles. The summed E-state index contributed by atoms with van der Waals surface area (Å²) >= 11 is 0. The molecule has 1 unspecified atom stereocenters. The number of H-pyrrole nitrogens is 1. The molecule has 1 atom stereocenters. The second kappa shape index (κ2) is 5.98. The predicted octanol–water partition coefficient (Wildman–Crippen LogP) is 1.51. The number of hydrogen-bond acceptors (Lipinski definition) is 3. The number of aliphatic hydroxyl groups excluding tert-OH is 1. The number of para-hydroxylation sites is 1. The highest BCUT2D eigenvalue weighted by Crippen LogP contribution is 2.28. The number of nitrogens with one attached hydrogen (secondary N) is 1. The number of aliphatic hydroxyl groups is 1. The van der Waals surface area contributed by atoms with Crippen molar-refractivity contribution in [1.29, 1.82) is 0 Å². The maximum Gasteiger partial charge on any atom is 0.237 e. The Balaban J connectivity index is 1.50. The maximum atomic E-state index is 12.7. The van der Waals surface area contributed by atoms with E-state index in [1.54, 1.807) is 0 Å². The van der Waals surface area contributed by atoms with Gasteiger partial charge in [-0.05, 0) is 25.5 Å². The zero-order valence-corrected chi connectivity index (χ0v) is 13.3. The van der Waals surface area contributed by atoms with E-state index in [0.29, 0.717) is 13.1 Å². The molecule has 23 heavy (non-hydrogen) atoms. The molecular weight excluding hydrogens is 290 g/mol. The summed E-state index contributed by atoms with van der Waals surface area (Å²) in [7, 11) is 0. The van der Waals surface area contributed by atoms with Crippen LogP contribution in [0.2, 0.25) is 0 Å². The Kier molecular flexibility index (Phi) is 3.83. The summed E-state index contributed by atoms with van der Waals surface area (Å²) in [6.45, 7) is 2.97. The van der Waals surface area contributed by atoms with Crippen LogP contribution < -0.4 is 0 Å². The molecule has 5 heteroatoms. The van der Waals surface area contributed by atoms with Gasteiger partial charge in [0.25, 0.3) is 0 Å². The fraction of sp³-hybridized carbons (Fsp3) is 0.500. The lowest BCUT2D eigenvalue weighted by atomic mass is 10.0. The van der Waals surface area contributed by atoms with Crippen LogP contribution in [-0.4, -0.2) is 58.1 Å². The van der Waals surface area contributed by atoms with E-state index < -0.39 is 0 Å². The molecule has 0 spiro atoms. The molecule has 1 fully saturated rings. The van der Waals surface area contributed by atoms with E-state index in [4.69, 9.17) is 0 Å². The number of rotatable bonds is 3. The van der Waals surface area contributed by atoms with E-state index >= 15 is 0 Å². The third-order valence-corrected chi connectivity index (χ3v) is 5.28. The maximum absolute atomic E-state index is 12.7. The molecule has 0 bridgehead atoms. The summed E-state index contributed by atoms with van der Waals surface area (Å²) in [5, 5.41) is 10.6. The second-order valence-electron chi connectivity index (χ2n) is 6.64. The molecule has 0 aliphatic carbocycles. The van der Waals surface area contributed by atoms with Gasteiger partial charge in [-0.3, -0.25) is 9.69 Å². The normalized spacial score (nSPS) is 21.8. The molecule has 5 nitrogen and oxygen atoms in total. The molecule has 4 rings (SSSR count). The smallest absolute Gasteiger partial charge is 0.237 e. The fourth-order valence-corrected chi connectivity index (χ4v) is 3.96. The van der Waals surface area contributed by atoms with E-state index in [1.165, 1.54) is 16.6 Å². The number of carbonyl (C=O) groups excluding carboxylic acids is 1. The number of carbonyl (C=O) groups is 1. The molecule has 1 saturated heterocycles. The molecular formula is C18H23N3O2. The average Bonchev–Trinajstić information content (AvgIpc) is 3.17. The lowest BCUT2D eigenvalue weighted by molar-refractivity contribution is -0.133. The lowest BCUT2D eigenvalue weighted by Crippen LogP contribution is -2.44. The zero-order valence-electron chi connectivity index (χ0n) is 13.3. The first kappa shape index (κ1) is 14.7. The van der Waals surface area contributed by atoms with Crippen LogP contribution in [0.1, 0.15) is 24.1 Å². The summed E-state index contributed by atoms with van der Waals surface area (Å²) in [6, 6.07) is 8.46. The van der Waals surface area contributed by atoms with Crippen molar-refractivity contribution in [3.8, 4) is 0 Å². The minimum atomic E-state index is 0.153. The molecule has 2 aromatic rings. The molecule has 1 aromatic carbocycles. The van der Waals surface area contributed by atoms with E-state index in [2.05, 4.69) is 22.0 Å². The van der Waals surface area contributed by atoms with Gasteiger partial charge < -0.3 is 15.0 Å². The van der Waals surface area contributed by atoms with E-state index in [1.807, 2.05) is 17.0 Å². The van der Waals surface area contributed by atoms with Gasteiger partial charge in [0.15, 0.2) is 0 Å². The molecule has 2 aliphatic rings. The van der Waals surface area contributed by atoms with Gasteiger partial charge in [0.1, 0.15) is 0 Å². The number of aromatic nitrogens is 1. The van der Waals surface area contributed by atoms with Crippen LogP contribution in [0.4, 0.5) is 0 Å². The Hall–Kier alpha value is -1.85. The first-order chi connectivity index (χ1) is 11.3. The van der Waals surface area contributed by atoms with Gasteiger partial charge in [0, 0.05) is 47.7 Å². The topological polar surface area (TPSA) is 59.6 Å². The first-order valence-electron chi connectivity index (χ1n) is 8.47.